The fourth-order valence-corrected chi connectivity index (χ4v) is 2.53. The second-order valence-corrected chi connectivity index (χ2v) is 5.78. The molecule has 0 unspecified atom stereocenters. The Morgan fingerprint density at radius 2 is 1.52 bits per heavy atom. The lowest BCUT2D eigenvalue weighted by Gasteiger charge is -2.24. The highest BCUT2D eigenvalue weighted by atomic mass is 35.5. The van der Waals surface area contributed by atoms with Gasteiger partial charge >= 0.3 is 0 Å². The third-order valence-corrected chi connectivity index (χ3v) is 4.17. The summed E-state index contributed by atoms with van der Waals surface area (Å²) < 4.78 is 0. The largest absolute Gasteiger partial charge is 0.369 e. The quantitative estimate of drug-likeness (QED) is 0.841. The van der Waals surface area contributed by atoms with Crippen LogP contribution in [0.5, 0.6) is 0 Å². The van der Waals surface area contributed by atoms with Crippen molar-refractivity contribution in [3.05, 3.63) is 70.7 Å². The zero-order valence-electron chi connectivity index (χ0n) is 13.6. The van der Waals surface area contributed by atoms with Crippen molar-refractivity contribution < 1.29 is 5.11 Å². The van der Waals surface area contributed by atoms with Gasteiger partial charge in [-0.15, -0.1) is 0 Å². The first-order chi connectivity index (χ1) is 11.1. The average molecular weight is 328 g/mol. The van der Waals surface area contributed by atoms with Gasteiger partial charge in [0.1, 0.15) is 0 Å². The summed E-state index contributed by atoms with van der Waals surface area (Å²) in [5.41, 5.74) is 0.147. The predicted molar refractivity (Wildman–Crippen MR) is 96.5 cm³/mol. The number of halogens is 1. The number of benzene rings is 2. The van der Waals surface area contributed by atoms with E-state index in [1.807, 2.05) is 42.5 Å². The lowest BCUT2D eigenvalue weighted by Crippen LogP contribution is -2.27. The van der Waals surface area contributed by atoms with E-state index in [0.29, 0.717) is 11.6 Å². The van der Waals surface area contributed by atoms with Gasteiger partial charge in [-0.2, -0.15) is 0 Å². The van der Waals surface area contributed by atoms with Crippen LogP contribution in [0, 0.1) is 11.8 Å². The minimum absolute atomic E-state index is 0.635. The molecule has 2 aromatic carbocycles. The first kappa shape index (κ1) is 17.6. The van der Waals surface area contributed by atoms with Crippen LogP contribution in [0.1, 0.15) is 25.0 Å². The van der Waals surface area contributed by atoms with Gasteiger partial charge in [-0.1, -0.05) is 79.8 Å². The van der Waals surface area contributed by atoms with Gasteiger partial charge in [-0.25, -0.2) is 0 Å². The van der Waals surface area contributed by atoms with E-state index in [0.717, 1.165) is 24.2 Å². The molecule has 0 saturated carbocycles. The van der Waals surface area contributed by atoms with E-state index in [2.05, 4.69) is 30.6 Å². The summed E-state index contributed by atoms with van der Waals surface area (Å²) in [7, 11) is 0. The molecular formula is C20H22ClNO. The van der Waals surface area contributed by atoms with Crippen LogP contribution in [-0.2, 0) is 5.60 Å². The fourth-order valence-electron chi connectivity index (χ4n) is 2.41. The molecule has 0 amide bonds. The van der Waals surface area contributed by atoms with Gasteiger partial charge in [0.25, 0.3) is 0 Å². The molecule has 0 spiro atoms. The van der Waals surface area contributed by atoms with Crippen molar-refractivity contribution in [1.82, 2.24) is 4.90 Å². The van der Waals surface area contributed by atoms with E-state index in [1.165, 1.54) is 0 Å². The van der Waals surface area contributed by atoms with E-state index in [9.17, 15) is 5.11 Å². The molecule has 0 fully saturated rings. The molecule has 120 valence electrons. The Hall–Kier alpha value is -1.79. The molecule has 0 aliphatic rings. The lowest BCUT2D eigenvalue weighted by atomic mass is 9.87. The van der Waals surface area contributed by atoms with Crippen LogP contribution in [0.4, 0.5) is 0 Å². The Morgan fingerprint density at radius 1 is 0.957 bits per heavy atom. The third-order valence-electron chi connectivity index (χ3n) is 3.92. The summed E-state index contributed by atoms with van der Waals surface area (Å²) >= 11 is 5.97. The van der Waals surface area contributed by atoms with E-state index in [4.69, 9.17) is 11.6 Å². The minimum atomic E-state index is -1.33. The van der Waals surface area contributed by atoms with Crippen molar-refractivity contribution in [2.24, 2.45) is 0 Å². The van der Waals surface area contributed by atoms with E-state index < -0.39 is 5.60 Å². The summed E-state index contributed by atoms with van der Waals surface area (Å²) in [6.45, 7) is 6.73. The highest BCUT2D eigenvalue weighted by Gasteiger charge is 2.29. The summed E-state index contributed by atoms with van der Waals surface area (Å²) in [4.78, 5) is 2.21. The molecule has 2 nitrogen and oxygen atoms in total. The van der Waals surface area contributed by atoms with Crippen molar-refractivity contribution in [3.8, 4) is 11.8 Å². The molecule has 2 rings (SSSR count). The molecule has 1 N–H and O–H groups in total. The van der Waals surface area contributed by atoms with Crippen LogP contribution in [0.15, 0.2) is 54.6 Å². The van der Waals surface area contributed by atoms with Crippen molar-refractivity contribution in [2.45, 2.75) is 19.4 Å². The first-order valence-corrected chi connectivity index (χ1v) is 8.24. The van der Waals surface area contributed by atoms with Crippen LogP contribution in [0.2, 0.25) is 5.02 Å². The van der Waals surface area contributed by atoms with Gasteiger partial charge in [-0.05, 0) is 25.2 Å². The van der Waals surface area contributed by atoms with Gasteiger partial charge in [0.15, 0.2) is 5.60 Å². The summed E-state index contributed by atoms with van der Waals surface area (Å²) in [5.74, 6) is 6.20. The van der Waals surface area contributed by atoms with E-state index >= 15 is 0 Å². The van der Waals surface area contributed by atoms with Crippen LogP contribution >= 0.6 is 11.6 Å². The second-order valence-electron chi connectivity index (χ2n) is 5.35. The summed E-state index contributed by atoms with van der Waals surface area (Å²) in [6, 6.07) is 16.7. The SMILES string of the molecule is CCN(CC)CC#C[C@](O)(c1ccccc1)c1ccc(Cl)cc1. The van der Waals surface area contributed by atoms with Gasteiger partial charge < -0.3 is 5.11 Å². The highest BCUT2D eigenvalue weighted by molar-refractivity contribution is 6.30. The number of aliphatic hydroxyl groups is 1. The zero-order valence-corrected chi connectivity index (χ0v) is 14.3. The summed E-state index contributed by atoms with van der Waals surface area (Å²) in [6.07, 6.45) is 0. The molecule has 0 aromatic heterocycles. The monoisotopic (exact) mass is 327 g/mol. The van der Waals surface area contributed by atoms with Crippen LogP contribution < -0.4 is 0 Å². The highest BCUT2D eigenvalue weighted by Crippen LogP contribution is 2.29. The van der Waals surface area contributed by atoms with Gasteiger partial charge in [0.2, 0.25) is 0 Å². The Kier molecular flexibility index (Phi) is 6.24. The smallest absolute Gasteiger partial charge is 0.176 e. The van der Waals surface area contributed by atoms with Crippen LogP contribution in [-0.4, -0.2) is 29.6 Å². The lowest BCUT2D eigenvalue weighted by molar-refractivity contribution is 0.145. The maximum absolute atomic E-state index is 11.3. The minimum Gasteiger partial charge on any atom is -0.369 e. The Morgan fingerprint density at radius 3 is 2.09 bits per heavy atom. The topological polar surface area (TPSA) is 23.5 Å². The van der Waals surface area contributed by atoms with E-state index in [-0.39, 0.29) is 0 Å². The van der Waals surface area contributed by atoms with Crippen LogP contribution in [0.25, 0.3) is 0 Å². The average Bonchev–Trinajstić information content (AvgIpc) is 2.60. The molecule has 1 atom stereocenters. The Balaban J connectivity index is 2.40. The van der Waals surface area contributed by atoms with Crippen molar-refractivity contribution >= 4 is 11.6 Å². The molecule has 3 heteroatoms. The molecule has 0 bridgehead atoms. The number of hydrogen-bond donors (Lipinski definition) is 1. The van der Waals surface area contributed by atoms with Crippen molar-refractivity contribution in [3.63, 3.8) is 0 Å². The Bertz CT molecular complexity index is 668. The third kappa shape index (κ3) is 4.36. The van der Waals surface area contributed by atoms with E-state index in [1.54, 1.807) is 12.1 Å². The maximum Gasteiger partial charge on any atom is 0.176 e. The zero-order chi connectivity index (χ0) is 16.7. The standard InChI is InChI=1S/C20H22ClNO/c1-3-22(4-2)16-8-15-20(23,17-9-6-5-7-10-17)18-11-13-19(21)14-12-18/h5-7,9-14,23H,3-4,16H2,1-2H3/t20-/m0/s1. The molecule has 0 heterocycles. The number of hydrogen-bond acceptors (Lipinski definition) is 2. The molecule has 0 saturated heterocycles. The van der Waals surface area contributed by atoms with Gasteiger partial charge in [-0.3, -0.25) is 4.90 Å². The number of nitrogens with zero attached hydrogens (tertiary/aromatic N) is 1. The van der Waals surface area contributed by atoms with Crippen LogP contribution in [0.3, 0.4) is 0 Å². The van der Waals surface area contributed by atoms with Gasteiger partial charge in [0.05, 0.1) is 6.54 Å². The first-order valence-electron chi connectivity index (χ1n) is 7.86. The predicted octanol–water partition coefficient (Wildman–Crippen LogP) is 3.92. The Labute approximate surface area is 143 Å². The molecule has 23 heavy (non-hydrogen) atoms. The fraction of sp³-hybridized carbons (Fsp3) is 0.300. The molecule has 0 radical (unpaired) electrons. The molecule has 0 aliphatic carbocycles. The molecule has 0 aliphatic heterocycles. The van der Waals surface area contributed by atoms with Crippen molar-refractivity contribution in [1.29, 1.82) is 0 Å². The normalized spacial score (nSPS) is 13.3. The van der Waals surface area contributed by atoms with Crippen molar-refractivity contribution in [2.75, 3.05) is 19.6 Å². The molecular weight excluding hydrogens is 306 g/mol. The second kappa shape index (κ2) is 8.17. The maximum atomic E-state index is 11.3. The van der Waals surface area contributed by atoms with Gasteiger partial charge in [0, 0.05) is 16.1 Å². The number of rotatable bonds is 5. The summed E-state index contributed by atoms with van der Waals surface area (Å²) in [5, 5.41) is 11.9. The molecule has 2 aromatic rings.